The van der Waals surface area contributed by atoms with Gasteiger partial charge in [-0.2, -0.15) is 0 Å². The molecule has 2 saturated carbocycles. The van der Waals surface area contributed by atoms with Crippen LogP contribution in [0.5, 0.6) is 0 Å². The van der Waals surface area contributed by atoms with Crippen molar-refractivity contribution < 1.29 is 33.5 Å². The average Bonchev–Trinajstić information content (AvgIpc) is 3.55. The smallest absolute Gasteiger partial charge is 0.408 e. The van der Waals surface area contributed by atoms with Gasteiger partial charge in [0.15, 0.2) is 0 Å². The van der Waals surface area contributed by atoms with Crippen LogP contribution in [0, 0.1) is 11.8 Å². The fourth-order valence-corrected chi connectivity index (χ4v) is 6.72. The predicted octanol–water partition coefficient (Wildman–Crippen LogP) is 3.73. The molecule has 12 nitrogen and oxygen atoms in total. The number of carbonyl (C=O) groups is 6. The summed E-state index contributed by atoms with van der Waals surface area (Å²) in [5, 5.41) is 11.0. The molecule has 0 bridgehead atoms. The molecule has 1 heterocycles. The monoisotopic (exact) mass is 693 g/mol. The Morgan fingerprint density at radius 3 is 2.20 bits per heavy atom. The van der Waals surface area contributed by atoms with Crippen LogP contribution in [0.1, 0.15) is 97.0 Å². The van der Waals surface area contributed by atoms with Crippen LogP contribution in [0.2, 0.25) is 0 Å². The fourth-order valence-electron chi connectivity index (χ4n) is 6.72. The molecule has 5 amide bonds. The number of Topliss-reactive ketones (excluding diaryl/α,β-unsaturated/α-hetero) is 1. The first-order chi connectivity index (χ1) is 23.9. The van der Waals surface area contributed by atoms with Crippen molar-refractivity contribution >= 4 is 35.5 Å². The molecule has 4 N–H and O–H groups in total. The Balaban J connectivity index is 1.60. The molecule has 3 atom stereocenters. The lowest BCUT2D eigenvalue weighted by molar-refractivity contribution is -0.142. The van der Waals surface area contributed by atoms with Gasteiger partial charge >= 0.3 is 6.09 Å². The maximum absolute atomic E-state index is 14.1. The lowest BCUT2D eigenvalue weighted by Gasteiger charge is -2.32. The van der Waals surface area contributed by atoms with Crippen molar-refractivity contribution in [1.82, 2.24) is 26.2 Å². The normalized spacial score (nSPS) is 24.9. The highest BCUT2D eigenvalue weighted by Crippen LogP contribution is 2.31. The van der Waals surface area contributed by atoms with Crippen LogP contribution in [0.3, 0.4) is 0 Å². The van der Waals surface area contributed by atoms with Gasteiger partial charge in [0.05, 0.1) is 12.6 Å². The Labute approximate surface area is 295 Å². The van der Waals surface area contributed by atoms with Crippen LogP contribution in [0.25, 0.3) is 0 Å². The van der Waals surface area contributed by atoms with Crippen LogP contribution in [0.15, 0.2) is 42.5 Å². The van der Waals surface area contributed by atoms with Gasteiger partial charge in [-0.25, -0.2) is 4.79 Å². The highest BCUT2D eigenvalue weighted by Gasteiger charge is 2.36. The number of benzene rings is 1. The molecule has 2 fully saturated rings. The average molecular weight is 694 g/mol. The van der Waals surface area contributed by atoms with E-state index in [2.05, 4.69) is 21.3 Å². The van der Waals surface area contributed by atoms with Crippen molar-refractivity contribution in [2.24, 2.45) is 11.8 Å². The standard InChI is InChI=1S/C38H55N5O7/c1-38(2,3)50-37(49)42-29-20-9-4-5-12-21-39-34(46)31(23-26-14-7-6-8-15-26)41-35(47)33(45)30(22-27-18-13-19-27)40-32(44)25-43(36(29)48)24-28-16-10-11-17-28/h4-8,14-15,27-31H,9-13,16-25H2,1-3H3,(H,39,46)(H,40,44)(H,41,47)(H,42,49)/b5-4-/t29-,30-,31+/m0/s1. The molecule has 274 valence electrons. The summed E-state index contributed by atoms with van der Waals surface area (Å²) in [4.78, 5) is 82.7. The number of allylic oxidation sites excluding steroid dienone is 1. The van der Waals surface area contributed by atoms with E-state index in [1.807, 2.05) is 42.5 Å². The van der Waals surface area contributed by atoms with Crippen molar-refractivity contribution in [3.63, 3.8) is 0 Å². The predicted molar refractivity (Wildman–Crippen MR) is 189 cm³/mol. The highest BCUT2D eigenvalue weighted by atomic mass is 16.6. The molecular formula is C38H55N5O7. The third kappa shape index (κ3) is 12.6. The lowest BCUT2D eigenvalue weighted by Crippen LogP contribution is -2.56. The number of ether oxygens (including phenoxy) is 1. The number of hydrogen-bond acceptors (Lipinski definition) is 7. The second-order valence-electron chi connectivity index (χ2n) is 14.9. The number of rotatable bonds is 7. The summed E-state index contributed by atoms with van der Waals surface area (Å²) >= 11 is 0. The summed E-state index contributed by atoms with van der Waals surface area (Å²) in [6, 6.07) is 6.17. The largest absolute Gasteiger partial charge is 0.444 e. The molecule has 0 unspecified atom stereocenters. The van der Waals surface area contributed by atoms with E-state index in [1.165, 1.54) is 4.90 Å². The molecule has 50 heavy (non-hydrogen) atoms. The summed E-state index contributed by atoms with van der Waals surface area (Å²) in [5.74, 6) is -2.77. The Hall–Kier alpha value is -4.22. The van der Waals surface area contributed by atoms with Crippen molar-refractivity contribution in [2.45, 2.75) is 122 Å². The van der Waals surface area contributed by atoms with Gasteiger partial charge in [-0.1, -0.05) is 74.6 Å². The number of ketones is 1. The molecule has 3 aliphatic rings. The molecule has 2 aliphatic carbocycles. The van der Waals surface area contributed by atoms with Crippen molar-refractivity contribution in [2.75, 3.05) is 19.6 Å². The molecule has 1 aliphatic heterocycles. The third-order valence-electron chi connectivity index (χ3n) is 9.56. The molecule has 0 radical (unpaired) electrons. The van der Waals surface area contributed by atoms with Gasteiger partial charge in [-0.3, -0.25) is 24.0 Å². The van der Waals surface area contributed by atoms with Gasteiger partial charge in [0, 0.05) is 19.5 Å². The topological polar surface area (TPSA) is 163 Å². The number of hydrogen-bond donors (Lipinski definition) is 4. The highest BCUT2D eigenvalue weighted by molar-refractivity contribution is 6.38. The first kappa shape index (κ1) is 38.6. The van der Waals surface area contributed by atoms with Crippen LogP contribution >= 0.6 is 0 Å². The fraction of sp³-hybridized carbons (Fsp3) is 0.632. The Kier molecular flexibility index (Phi) is 14.4. The van der Waals surface area contributed by atoms with E-state index in [0.717, 1.165) is 50.5 Å². The molecule has 0 aromatic heterocycles. The van der Waals surface area contributed by atoms with Crippen LogP contribution in [0.4, 0.5) is 4.79 Å². The summed E-state index contributed by atoms with van der Waals surface area (Å²) < 4.78 is 5.47. The van der Waals surface area contributed by atoms with Gasteiger partial charge in [-0.15, -0.1) is 0 Å². The van der Waals surface area contributed by atoms with Gasteiger partial charge in [0.25, 0.3) is 5.91 Å². The Bertz CT molecular complexity index is 1370. The van der Waals surface area contributed by atoms with E-state index < -0.39 is 59.2 Å². The third-order valence-corrected chi connectivity index (χ3v) is 9.56. The quantitative estimate of drug-likeness (QED) is 0.250. The maximum Gasteiger partial charge on any atom is 0.408 e. The number of nitrogens with one attached hydrogen (secondary N) is 4. The maximum atomic E-state index is 14.1. The van der Waals surface area contributed by atoms with Crippen LogP contribution < -0.4 is 21.3 Å². The number of carbonyl (C=O) groups excluding carboxylic acids is 6. The van der Waals surface area contributed by atoms with E-state index >= 15 is 0 Å². The van der Waals surface area contributed by atoms with E-state index in [4.69, 9.17) is 4.74 Å². The van der Waals surface area contributed by atoms with Crippen molar-refractivity contribution in [3.8, 4) is 0 Å². The van der Waals surface area contributed by atoms with Crippen LogP contribution in [-0.2, 0) is 35.1 Å². The first-order valence-corrected chi connectivity index (χ1v) is 18.3. The molecule has 0 saturated heterocycles. The van der Waals surface area contributed by atoms with Gasteiger partial charge in [0.2, 0.25) is 23.5 Å². The molecular weight excluding hydrogens is 638 g/mol. The number of amides is 5. The van der Waals surface area contributed by atoms with Gasteiger partial charge in [-0.05, 0) is 76.7 Å². The Morgan fingerprint density at radius 2 is 1.54 bits per heavy atom. The van der Waals surface area contributed by atoms with Gasteiger partial charge in [0.1, 0.15) is 17.7 Å². The zero-order valence-corrected chi connectivity index (χ0v) is 29.8. The zero-order chi connectivity index (χ0) is 36.1. The molecule has 1 aromatic rings. The lowest BCUT2D eigenvalue weighted by atomic mass is 9.80. The van der Waals surface area contributed by atoms with Crippen molar-refractivity contribution in [3.05, 3.63) is 48.0 Å². The van der Waals surface area contributed by atoms with E-state index in [1.54, 1.807) is 20.8 Å². The minimum atomic E-state index is -1.11. The van der Waals surface area contributed by atoms with E-state index in [9.17, 15) is 28.8 Å². The second kappa shape index (κ2) is 18.7. The summed E-state index contributed by atoms with van der Waals surface area (Å²) in [6.45, 7) is 5.52. The Morgan fingerprint density at radius 1 is 0.860 bits per heavy atom. The second-order valence-corrected chi connectivity index (χ2v) is 14.9. The van der Waals surface area contributed by atoms with Gasteiger partial charge < -0.3 is 30.9 Å². The van der Waals surface area contributed by atoms with Crippen LogP contribution in [-0.4, -0.2) is 83.8 Å². The molecule has 4 rings (SSSR count). The number of nitrogens with zero attached hydrogens (tertiary/aromatic N) is 1. The summed E-state index contributed by atoms with van der Waals surface area (Å²) in [6.07, 6.45) is 11.5. The SMILES string of the molecule is CC(C)(C)OC(=O)N[C@H]1CC/C=C\CCNC(=O)[C@@H](Cc2ccccc2)NC(=O)C(=O)[C@H](CC2CCC2)NC(=O)CN(CC2CCCC2)C1=O. The van der Waals surface area contributed by atoms with E-state index in [-0.39, 0.29) is 31.2 Å². The zero-order valence-electron chi connectivity index (χ0n) is 29.8. The summed E-state index contributed by atoms with van der Waals surface area (Å²) in [7, 11) is 0. The number of alkyl carbamates (subject to hydrolysis) is 1. The molecule has 0 spiro atoms. The summed E-state index contributed by atoms with van der Waals surface area (Å²) in [5.41, 5.74) is 0.0448. The minimum Gasteiger partial charge on any atom is -0.444 e. The minimum absolute atomic E-state index is 0.174. The first-order valence-electron chi connectivity index (χ1n) is 18.3. The molecule has 1 aromatic carbocycles. The van der Waals surface area contributed by atoms with E-state index in [0.29, 0.717) is 32.4 Å². The molecule has 12 heteroatoms. The van der Waals surface area contributed by atoms with Crippen molar-refractivity contribution in [1.29, 1.82) is 0 Å².